The van der Waals surface area contributed by atoms with Crippen LogP contribution in [0.3, 0.4) is 0 Å². The van der Waals surface area contributed by atoms with Crippen LogP contribution in [0.2, 0.25) is 0 Å². The number of anilines is 1. The monoisotopic (exact) mass is 224 g/mol. The highest BCUT2D eigenvalue weighted by Crippen LogP contribution is 2.12. The van der Waals surface area contributed by atoms with Crippen molar-refractivity contribution in [3.05, 3.63) is 30.3 Å². The van der Waals surface area contributed by atoms with Crippen molar-refractivity contribution < 1.29 is 15.0 Å². The first-order valence-corrected chi connectivity index (χ1v) is 5.13. The van der Waals surface area contributed by atoms with E-state index < -0.39 is 6.16 Å². The lowest BCUT2D eigenvalue weighted by Crippen LogP contribution is -2.43. The van der Waals surface area contributed by atoms with Gasteiger partial charge in [0.15, 0.2) is 0 Å². The first-order valence-electron chi connectivity index (χ1n) is 5.13. The summed E-state index contributed by atoms with van der Waals surface area (Å²) in [5, 5.41) is 17.3. The van der Waals surface area contributed by atoms with Gasteiger partial charge in [-0.25, -0.2) is 4.79 Å². The van der Waals surface area contributed by atoms with Gasteiger partial charge in [0.25, 0.3) is 0 Å². The molecule has 0 amide bonds. The third kappa shape index (κ3) is 4.65. The topological polar surface area (TPSA) is 72.8 Å². The molecular weight excluding hydrogens is 208 g/mol. The molecule has 0 aromatic heterocycles. The van der Waals surface area contributed by atoms with Crippen LogP contribution in [0, 0.1) is 0 Å². The van der Waals surface area contributed by atoms with Gasteiger partial charge in [-0.1, -0.05) is 18.2 Å². The molecule has 1 saturated heterocycles. The number of hydrogen-bond acceptors (Lipinski definition) is 3. The molecule has 0 unspecified atom stereocenters. The van der Waals surface area contributed by atoms with Crippen LogP contribution >= 0.6 is 0 Å². The van der Waals surface area contributed by atoms with Crippen LogP contribution in [0.25, 0.3) is 0 Å². The highest BCUT2D eigenvalue weighted by atomic mass is 16.6. The molecule has 1 aliphatic rings. The Bertz CT molecular complexity index is 306. The SMILES string of the molecule is O=C(O)O.c1ccc(N2CCNCC2)cc1. The van der Waals surface area contributed by atoms with Crippen LogP contribution in [0.1, 0.15) is 0 Å². The average molecular weight is 224 g/mol. The minimum absolute atomic E-state index is 1.11. The van der Waals surface area contributed by atoms with E-state index in [0.29, 0.717) is 0 Å². The molecule has 2 rings (SSSR count). The molecule has 88 valence electrons. The molecule has 1 heterocycles. The van der Waals surface area contributed by atoms with Gasteiger partial charge in [-0.05, 0) is 12.1 Å². The van der Waals surface area contributed by atoms with Crippen LogP contribution in [0.15, 0.2) is 30.3 Å². The molecule has 0 bridgehead atoms. The van der Waals surface area contributed by atoms with Crippen molar-refractivity contribution in [2.75, 3.05) is 31.1 Å². The van der Waals surface area contributed by atoms with E-state index in [0.717, 1.165) is 26.2 Å². The summed E-state index contributed by atoms with van der Waals surface area (Å²) in [5.41, 5.74) is 1.35. The summed E-state index contributed by atoms with van der Waals surface area (Å²) in [5.74, 6) is 0. The predicted octanol–water partition coefficient (Wildman–Crippen LogP) is 1.32. The molecule has 0 saturated carbocycles. The third-order valence-corrected chi connectivity index (χ3v) is 2.24. The number of rotatable bonds is 1. The summed E-state index contributed by atoms with van der Waals surface area (Å²) in [6, 6.07) is 10.6. The van der Waals surface area contributed by atoms with Gasteiger partial charge in [-0.15, -0.1) is 0 Å². The molecule has 0 aliphatic carbocycles. The number of nitrogens with one attached hydrogen (secondary N) is 1. The van der Waals surface area contributed by atoms with Gasteiger partial charge in [0, 0.05) is 31.9 Å². The molecule has 1 aromatic rings. The number of carboxylic acid groups (broad SMARTS) is 2. The van der Waals surface area contributed by atoms with Crippen molar-refractivity contribution in [2.45, 2.75) is 0 Å². The molecular formula is C11H16N2O3. The van der Waals surface area contributed by atoms with E-state index >= 15 is 0 Å². The fourth-order valence-corrected chi connectivity index (χ4v) is 1.56. The zero-order valence-electron chi connectivity index (χ0n) is 8.97. The number of piperazine rings is 1. The second-order valence-electron chi connectivity index (χ2n) is 3.36. The Balaban J connectivity index is 0.000000280. The summed E-state index contributed by atoms with van der Waals surface area (Å²) < 4.78 is 0. The molecule has 0 spiro atoms. The summed E-state index contributed by atoms with van der Waals surface area (Å²) in [7, 11) is 0. The summed E-state index contributed by atoms with van der Waals surface area (Å²) in [6.45, 7) is 4.47. The van der Waals surface area contributed by atoms with E-state index in [9.17, 15) is 0 Å². The zero-order valence-corrected chi connectivity index (χ0v) is 8.97. The van der Waals surface area contributed by atoms with Crippen molar-refractivity contribution in [1.82, 2.24) is 5.32 Å². The number of benzene rings is 1. The van der Waals surface area contributed by atoms with Crippen LogP contribution < -0.4 is 10.2 Å². The molecule has 0 radical (unpaired) electrons. The van der Waals surface area contributed by atoms with Crippen molar-refractivity contribution in [2.24, 2.45) is 0 Å². The lowest BCUT2D eigenvalue weighted by molar-refractivity contribution is 0.137. The number of carbonyl (C=O) groups is 1. The Morgan fingerprint density at radius 3 is 2.12 bits per heavy atom. The van der Waals surface area contributed by atoms with Crippen LogP contribution in [0.5, 0.6) is 0 Å². The molecule has 1 aromatic carbocycles. The molecule has 3 N–H and O–H groups in total. The number of hydrogen-bond donors (Lipinski definition) is 3. The highest BCUT2D eigenvalue weighted by molar-refractivity contribution is 5.53. The van der Waals surface area contributed by atoms with E-state index in [1.54, 1.807) is 0 Å². The van der Waals surface area contributed by atoms with E-state index in [-0.39, 0.29) is 0 Å². The highest BCUT2D eigenvalue weighted by Gasteiger charge is 2.08. The van der Waals surface area contributed by atoms with E-state index in [4.69, 9.17) is 15.0 Å². The summed E-state index contributed by atoms with van der Waals surface area (Å²) >= 11 is 0. The molecule has 16 heavy (non-hydrogen) atoms. The normalized spacial score (nSPS) is 14.9. The molecule has 1 fully saturated rings. The summed E-state index contributed by atoms with van der Waals surface area (Å²) in [4.78, 5) is 11.0. The first-order chi connectivity index (χ1) is 7.70. The lowest BCUT2D eigenvalue weighted by atomic mass is 10.2. The maximum Gasteiger partial charge on any atom is 0.503 e. The van der Waals surface area contributed by atoms with Gasteiger partial charge < -0.3 is 20.4 Å². The van der Waals surface area contributed by atoms with Crippen molar-refractivity contribution in [3.8, 4) is 0 Å². The maximum absolute atomic E-state index is 8.56. The van der Waals surface area contributed by atoms with Gasteiger partial charge in [0.2, 0.25) is 0 Å². The van der Waals surface area contributed by atoms with Crippen molar-refractivity contribution >= 4 is 11.8 Å². The molecule has 1 aliphatic heterocycles. The minimum atomic E-state index is -1.83. The van der Waals surface area contributed by atoms with Crippen LogP contribution in [0.4, 0.5) is 10.5 Å². The third-order valence-electron chi connectivity index (χ3n) is 2.24. The fraction of sp³-hybridized carbons (Fsp3) is 0.364. The second-order valence-corrected chi connectivity index (χ2v) is 3.36. The fourth-order valence-electron chi connectivity index (χ4n) is 1.56. The van der Waals surface area contributed by atoms with Crippen molar-refractivity contribution in [3.63, 3.8) is 0 Å². The lowest BCUT2D eigenvalue weighted by Gasteiger charge is -2.29. The molecule has 5 nitrogen and oxygen atoms in total. The maximum atomic E-state index is 8.56. The number of nitrogens with zero attached hydrogens (tertiary/aromatic N) is 1. The van der Waals surface area contributed by atoms with Crippen LogP contribution in [-0.2, 0) is 0 Å². The van der Waals surface area contributed by atoms with E-state index in [1.807, 2.05) is 0 Å². The second kappa shape index (κ2) is 6.68. The Morgan fingerprint density at radius 1 is 1.12 bits per heavy atom. The van der Waals surface area contributed by atoms with Gasteiger partial charge >= 0.3 is 6.16 Å². The smallest absolute Gasteiger partial charge is 0.450 e. The first kappa shape index (κ1) is 12.3. The van der Waals surface area contributed by atoms with Gasteiger partial charge in [-0.3, -0.25) is 0 Å². The largest absolute Gasteiger partial charge is 0.503 e. The van der Waals surface area contributed by atoms with Gasteiger partial charge in [0.05, 0.1) is 0 Å². The Labute approximate surface area is 94.3 Å². The van der Waals surface area contributed by atoms with E-state index in [2.05, 4.69) is 40.5 Å². The average Bonchev–Trinajstić information content (AvgIpc) is 2.31. The zero-order chi connectivity index (χ0) is 11.8. The van der Waals surface area contributed by atoms with Crippen LogP contribution in [-0.4, -0.2) is 42.5 Å². The molecule has 0 atom stereocenters. The standard InChI is InChI=1S/C10H14N2.CH2O3/c1-2-4-10(5-3-1)12-8-6-11-7-9-12;2-1(3)4/h1-5,11H,6-9H2;(H2,2,3,4). The number of para-hydroxylation sites is 1. The Morgan fingerprint density at radius 2 is 1.62 bits per heavy atom. The van der Waals surface area contributed by atoms with E-state index in [1.165, 1.54) is 5.69 Å². The molecule has 5 heteroatoms. The van der Waals surface area contributed by atoms with Crippen molar-refractivity contribution in [1.29, 1.82) is 0 Å². The Hall–Kier alpha value is -1.75. The predicted molar refractivity (Wildman–Crippen MR) is 62.2 cm³/mol. The summed E-state index contributed by atoms with van der Waals surface area (Å²) in [6.07, 6.45) is -1.83. The van der Waals surface area contributed by atoms with Gasteiger partial charge in [0.1, 0.15) is 0 Å². The Kier molecular flexibility index (Phi) is 5.15. The quantitative estimate of drug-likeness (QED) is 0.671. The minimum Gasteiger partial charge on any atom is -0.450 e. The van der Waals surface area contributed by atoms with Gasteiger partial charge in [-0.2, -0.15) is 0 Å².